The van der Waals surface area contributed by atoms with Gasteiger partial charge < -0.3 is 71.0 Å². The first-order chi connectivity index (χ1) is 34.7. The van der Waals surface area contributed by atoms with Gasteiger partial charge in [0.25, 0.3) is 0 Å². The van der Waals surface area contributed by atoms with E-state index in [1.807, 2.05) is 6.92 Å². The quantitative estimate of drug-likeness (QED) is 0.0312. The van der Waals surface area contributed by atoms with Crippen molar-refractivity contribution in [3.63, 3.8) is 0 Å². The van der Waals surface area contributed by atoms with Crippen molar-refractivity contribution in [2.75, 3.05) is 72.5 Å². The Hall–Kier alpha value is -5.26. The van der Waals surface area contributed by atoms with Crippen molar-refractivity contribution in [2.24, 2.45) is 0 Å². The Morgan fingerprint density at radius 3 is 1.26 bits per heavy atom. The van der Waals surface area contributed by atoms with Gasteiger partial charge in [-0.1, -0.05) is 90.4 Å². The first kappa shape index (κ1) is 66.7. The number of rotatable bonds is 51. The molecule has 0 aliphatic carbocycles. The summed E-state index contributed by atoms with van der Waals surface area (Å²) in [5.41, 5.74) is 0. The predicted octanol–water partition coefficient (Wildman–Crippen LogP) is 2.69. The summed E-state index contributed by atoms with van der Waals surface area (Å²) in [4.78, 5) is 118. The molecular formula is C49H86N6O17. The fourth-order valence-corrected chi connectivity index (χ4v) is 6.92. The predicted molar refractivity (Wildman–Crippen MR) is 264 cm³/mol. The summed E-state index contributed by atoms with van der Waals surface area (Å²) in [6, 6.07) is -3.47. The Labute approximate surface area is 424 Å². The molecule has 0 saturated carbocycles. The zero-order valence-corrected chi connectivity index (χ0v) is 42.6. The summed E-state index contributed by atoms with van der Waals surface area (Å²) in [7, 11) is 0. The van der Waals surface area contributed by atoms with Crippen molar-refractivity contribution >= 4 is 59.6 Å². The molecule has 0 aromatic rings. The number of hydrogen-bond acceptors (Lipinski definition) is 14. The molecule has 3 atom stereocenters. The number of carbonyl (C=O) groups is 10. The van der Waals surface area contributed by atoms with E-state index in [0.717, 1.165) is 64.2 Å². The van der Waals surface area contributed by atoms with Gasteiger partial charge in [-0.3, -0.25) is 33.6 Å². The van der Waals surface area contributed by atoms with Crippen LogP contribution >= 0.6 is 0 Å². The Kier molecular flexibility index (Phi) is 43.4. The van der Waals surface area contributed by atoms with Gasteiger partial charge in [-0.2, -0.15) is 0 Å². The summed E-state index contributed by atoms with van der Waals surface area (Å²) in [5, 5.41) is 42.9. The first-order valence-corrected chi connectivity index (χ1v) is 25.8. The Bertz CT molecular complexity index is 1550. The third-order valence-electron chi connectivity index (χ3n) is 11.0. The molecule has 0 aliphatic heterocycles. The maximum atomic E-state index is 12.4. The van der Waals surface area contributed by atoms with Gasteiger partial charge in [0.1, 0.15) is 31.6 Å². The van der Waals surface area contributed by atoms with E-state index in [-0.39, 0.29) is 128 Å². The molecular weight excluding hydrogens is 945 g/mol. The standard InChI is InChI=1S/C49H86N6O17/c1-2-3-26-50-41(57)23-20-38(35-56)53-44(60)25-22-40(49(67)68)55-46(62)37-72-34-32-70-30-28-52-45(61)36-71-33-31-69-29-27-51-42(58)24-21-39(48(65)66)54-43(59)18-16-14-12-10-8-6-4-5-7-9-11-13-15-17-19-47(63)64/h35,38-40H,2-34,36-37H2,1H3,(H,50,57)(H,51,58)(H,52,61)(H,53,60)(H,54,59)(H,55,62)(H,63,64)(H,65,66)(H,67,68)/t38-,39?,40?/m0/s1. The molecule has 0 rings (SSSR count). The lowest BCUT2D eigenvalue weighted by Crippen LogP contribution is -2.44. The summed E-state index contributed by atoms with van der Waals surface area (Å²) in [5.74, 6) is -6.00. The van der Waals surface area contributed by atoms with Crippen LogP contribution < -0.4 is 31.9 Å². The summed E-state index contributed by atoms with van der Waals surface area (Å²) < 4.78 is 21.2. The van der Waals surface area contributed by atoms with Gasteiger partial charge >= 0.3 is 17.9 Å². The first-order valence-electron chi connectivity index (χ1n) is 25.8. The molecule has 2 unspecified atom stereocenters. The minimum absolute atomic E-state index is 0.00387. The highest BCUT2D eigenvalue weighted by molar-refractivity contribution is 5.86. The highest BCUT2D eigenvalue weighted by Gasteiger charge is 2.23. The maximum Gasteiger partial charge on any atom is 0.326 e. The Balaban J connectivity index is 3.87. The molecule has 0 spiro atoms. The summed E-state index contributed by atoms with van der Waals surface area (Å²) >= 11 is 0. The van der Waals surface area contributed by atoms with Crippen LogP contribution in [0, 0.1) is 0 Å². The third kappa shape index (κ3) is 43.5. The van der Waals surface area contributed by atoms with Crippen LogP contribution in [0.2, 0.25) is 0 Å². The Morgan fingerprint density at radius 2 is 0.792 bits per heavy atom. The van der Waals surface area contributed by atoms with Crippen molar-refractivity contribution in [1.29, 1.82) is 0 Å². The molecule has 72 heavy (non-hydrogen) atoms. The number of aldehydes is 1. The largest absolute Gasteiger partial charge is 0.481 e. The lowest BCUT2D eigenvalue weighted by atomic mass is 10.0. The smallest absolute Gasteiger partial charge is 0.326 e. The van der Waals surface area contributed by atoms with E-state index >= 15 is 0 Å². The molecule has 0 bridgehead atoms. The number of carbonyl (C=O) groups excluding carboxylic acids is 7. The van der Waals surface area contributed by atoms with E-state index in [9.17, 15) is 58.2 Å². The number of hydrogen-bond donors (Lipinski definition) is 9. The highest BCUT2D eigenvalue weighted by Crippen LogP contribution is 2.14. The number of carboxylic acids is 3. The molecule has 23 nitrogen and oxygen atoms in total. The van der Waals surface area contributed by atoms with Crippen LogP contribution in [-0.4, -0.2) is 166 Å². The number of amides is 6. The molecule has 0 fully saturated rings. The number of unbranched alkanes of at least 4 members (excludes halogenated alkanes) is 14. The summed E-state index contributed by atoms with van der Waals surface area (Å²) in [6.07, 6.45) is 17.0. The maximum absolute atomic E-state index is 12.4. The van der Waals surface area contributed by atoms with Crippen molar-refractivity contribution < 1.29 is 82.2 Å². The van der Waals surface area contributed by atoms with Crippen LogP contribution in [0.1, 0.15) is 161 Å². The van der Waals surface area contributed by atoms with E-state index in [0.29, 0.717) is 19.3 Å². The third-order valence-corrected chi connectivity index (χ3v) is 11.0. The minimum atomic E-state index is -1.38. The minimum Gasteiger partial charge on any atom is -0.481 e. The highest BCUT2D eigenvalue weighted by atomic mass is 16.5. The SMILES string of the molecule is CCCCNC(=O)CC[C@@H](C=O)NC(=O)CCC(NC(=O)COCCOCCNC(=O)COCCOCCNC(=O)CCC(NC(=O)CCCCCCCCCCCCCCCCC(=O)O)C(=O)O)C(=O)O. The molecule has 0 heterocycles. The lowest BCUT2D eigenvalue weighted by molar-refractivity contribution is -0.143. The van der Waals surface area contributed by atoms with Crippen molar-refractivity contribution in [3.8, 4) is 0 Å². The normalized spacial score (nSPS) is 12.2. The van der Waals surface area contributed by atoms with Crippen LogP contribution in [-0.2, 0) is 66.9 Å². The fourth-order valence-electron chi connectivity index (χ4n) is 6.92. The zero-order valence-electron chi connectivity index (χ0n) is 42.6. The second-order valence-corrected chi connectivity index (χ2v) is 17.4. The topological polar surface area (TPSA) is 340 Å². The number of ether oxygens (including phenoxy) is 4. The zero-order chi connectivity index (χ0) is 53.5. The molecule has 0 aromatic heterocycles. The van der Waals surface area contributed by atoms with Gasteiger partial charge in [-0.15, -0.1) is 0 Å². The molecule has 0 aromatic carbocycles. The van der Waals surface area contributed by atoms with Gasteiger partial charge in [-0.25, -0.2) is 9.59 Å². The van der Waals surface area contributed by atoms with Gasteiger partial charge in [0.05, 0.1) is 45.7 Å². The second kappa shape index (κ2) is 46.8. The van der Waals surface area contributed by atoms with E-state index in [4.69, 9.17) is 24.1 Å². The van der Waals surface area contributed by atoms with E-state index in [1.165, 1.54) is 32.1 Å². The van der Waals surface area contributed by atoms with Crippen LogP contribution in [0.3, 0.4) is 0 Å². The van der Waals surface area contributed by atoms with Gasteiger partial charge in [0, 0.05) is 51.7 Å². The molecule has 0 aliphatic rings. The lowest BCUT2D eigenvalue weighted by Gasteiger charge is -2.16. The van der Waals surface area contributed by atoms with Crippen LogP contribution in [0.25, 0.3) is 0 Å². The number of aliphatic carboxylic acids is 3. The molecule has 6 amide bonds. The number of carboxylic acid groups (broad SMARTS) is 3. The molecule has 23 heteroatoms. The van der Waals surface area contributed by atoms with Crippen molar-refractivity contribution in [1.82, 2.24) is 31.9 Å². The van der Waals surface area contributed by atoms with E-state index < -0.39 is 60.4 Å². The van der Waals surface area contributed by atoms with E-state index in [2.05, 4.69) is 31.9 Å². The van der Waals surface area contributed by atoms with Crippen molar-refractivity contribution in [2.45, 2.75) is 179 Å². The van der Waals surface area contributed by atoms with Crippen LogP contribution in [0.15, 0.2) is 0 Å². The second-order valence-electron chi connectivity index (χ2n) is 17.4. The molecule has 9 N–H and O–H groups in total. The van der Waals surface area contributed by atoms with Crippen LogP contribution in [0.5, 0.6) is 0 Å². The van der Waals surface area contributed by atoms with Gasteiger partial charge in [-0.05, 0) is 38.5 Å². The average molecular weight is 1030 g/mol. The van der Waals surface area contributed by atoms with E-state index in [1.54, 1.807) is 0 Å². The molecule has 0 radical (unpaired) electrons. The Morgan fingerprint density at radius 1 is 0.403 bits per heavy atom. The van der Waals surface area contributed by atoms with Gasteiger partial charge in [0.2, 0.25) is 35.4 Å². The number of nitrogens with one attached hydrogen (secondary N) is 6. The average Bonchev–Trinajstić information content (AvgIpc) is 3.34. The molecule has 0 saturated heterocycles. The molecule has 414 valence electrons. The fraction of sp³-hybridized carbons (Fsp3) is 0.796. The summed E-state index contributed by atoms with van der Waals surface area (Å²) in [6.45, 7) is 2.76. The monoisotopic (exact) mass is 1030 g/mol. The van der Waals surface area contributed by atoms with Crippen molar-refractivity contribution in [3.05, 3.63) is 0 Å². The van der Waals surface area contributed by atoms with Gasteiger partial charge in [0.15, 0.2) is 0 Å². The van der Waals surface area contributed by atoms with Crippen LogP contribution in [0.4, 0.5) is 0 Å².